The van der Waals surface area contributed by atoms with Crippen molar-refractivity contribution in [1.82, 2.24) is 4.98 Å². The van der Waals surface area contributed by atoms with Crippen LogP contribution >= 0.6 is 11.3 Å². The fraction of sp³-hybridized carbons (Fsp3) is 0.286. The number of hydrogen-bond donors (Lipinski definition) is 2. The number of nitrogen functional groups attached to an aromatic ring is 1. The van der Waals surface area contributed by atoms with Gasteiger partial charge < -0.3 is 5.73 Å². The van der Waals surface area contributed by atoms with Crippen molar-refractivity contribution in [3.63, 3.8) is 0 Å². The Morgan fingerprint density at radius 2 is 2.16 bits per heavy atom. The third kappa shape index (κ3) is 2.93. The number of nitrogens with one attached hydrogen (secondary N) is 1. The van der Waals surface area contributed by atoms with Gasteiger partial charge in [-0.1, -0.05) is 26.0 Å². The Kier molecular flexibility index (Phi) is 3.85. The molecule has 0 aliphatic heterocycles. The molecule has 4 nitrogen and oxygen atoms in total. The third-order valence-electron chi connectivity index (χ3n) is 2.90. The Balaban J connectivity index is 2.18. The zero-order valence-electron chi connectivity index (χ0n) is 11.2. The molecule has 0 aliphatic rings. The van der Waals surface area contributed by atoms with Gasteiger partial charge in [-0.2, -0.15) is 0 Å². The van der Waals surface area contributed by atoms with Crippen molar-refractivity contribution in [2.75, 3.05) is 11.1 Å². The number of nitrogens with zero attached hydrogens (tertiary/aromatic N) is 1. The summed E-state index contributed by atoms with van der Waals surface area (Å²) in [6.45, 7) is 6.02. The second-order valence-electron chi connectivity index (χ2n) is 4.72. The molecule has 5 heteroatoms. The highest BCUT2D eigenvalue weighted by Crippen LogP contribution is 2.23. The molecule has 19 heavy (non-hydrogen) atoms. The van der Waals surface area contributed by atoms with E-state index >= 15 is 0 Å². The van der Waals surface area contributed by atoms with Crippen LogP contribution < -0.4 is 11.1 Å². The molecule has 1 heterocycles. The molecule has 1 amide bonds. The van der Waals surface area contributed by atoms with Crippen LogP contribution in [0.25, 0.3) is 0 Å². The molecule has 0 spiro atoms. The molecule has 0 saturated carbocycles. The molecule has 0 bridgehead atoms. The monoisotopic (exact) mass is 275 g/mol. The maximum absolute atomic E-state index is 12.1. The fourth-order valence-electron chi connectivity index (χ4n) is 1.65. The molecular formula is C14H17N3OS. The molecule has 0 saturated heterocycles. The first-order chi connectivity index (χ1) is 8.99. The molecule has 0 atom stereocenters. The topological polar surface area (TPSA) is 68.0 Å². The normalized spacial score (nSPS) is 10.7. The minimum atomic E-state index is -0.217. The minimum Gasteiger partial charge on any atom is -0.398 e. The predicted molar refractivity (Wildman–Crippen MR) is 79.7 cm³/mol. The Morgan fingerprint density at radius 1 is 1.42 bits per heavy atom. The quantitative estimate of drug-likeness (QED) is 0.843. The highest BCUT2D eigenvalue weighted by atomic mass is 32.1. The highest BCUT2D eigenvalue weighted by Gasteiger charge is 2.13. The van der Waals surface area contributed by atoms with E-state index in [1.54, 1.807) is 6.07 Å². The molecule has 0 aliphatic carbocycles. The molecule has 2 aromatic rings. The Morgan fingerprint density at radius 3 is 2.79 bits per heavy atom. The van der Waals surface area contributed by atoms with Gasteiger partial charge in [-0.15, -0.1) is 11.3 Å². The summed E-state index contributed by atoms with van der Waals surface area (Å²) < 4.78 is 0. The van der Waals surface area contributed by atoms with E-state index in [4.69, 9.17) is 5.73 Å². The lowest BCUT2D eigenvalue weighted by Gasteiger charge is -2.07. The third-order valence-corrected chi connectivity index (χ3v) is 3.68. The van der Waals surface area contributed by atoms with Gasteiger partial charge >= 0.3 is 0 Å². The van der Waals surface area contributed by atoms with Gasteiger partial charge in [-0.25, -0.2) is 4.98 Å². The number of anilines is 2. The van der Waals surface area contributed by atoms with Crippen molar-refractivity contribution < 1.29 is 4.79 Å². The summed E-state index contributed by atoms with van der Waals surface area (Å²) in [5.74, 6) is 0.136. The molecule has 0 fully saturated rings. The SMILES string of the molecule is Cc1cccc(C(=O)Nc2nc(C(C)C)cs2)c1N. The van der Waals surface area contributed by atoms with Gasteiger partial charge in [0.05, 0.1) is 11.3 Å². The van der Waals surface area contributed by atoms with Crippen LogP contribution in [0.15, 0.2) is 23.6 Å². The predicted octanol–water partition coefficient (Wildman–Crippen LogP) is 3.41. The molecule has 1 aromatic heterocycles. The number of hydrogen-bond acceptors (Lipinski definition) is 4. The first-order valence-electron chi connectivity index (χ1n) is 6.11. The van der Waals surface area contributed by atoms with Crippen molar-refractivity contribution >= 4 is 28.1 Å². The summed E-state index contributed by atoms with van der Waals surface area (Å²) in [6.07, 6.45) is 0. The van der Waals surface area contributed by atoms with Gasteiger partial charge in [-0.05, 0) is 24.5 Å². The number of carbonyl (C=O) groups excluding carboxylic acids is 1. The van der Waals surface area contributed by atoms with E-state index in [1.165, 1.54) is 11.3 Å². The maximum atomic E-state index is 12.1. The van der Waals surface area contributed by atoms with Gasteiger partial charge in [0, 0.05) is 11.1 Å². The van der Waals surface area contributed by atoms with Crippen molar-refractivity contribution in [1.29, 1.82) is 0 Å². The van der Waals surface area contributed by atoms with Crippen LogP contribution in [0.3, 0.4) is 0 Å². The number of aryl methyl sites for hydroxylation is 1. The van der Waals surface area contributed by atoms with E-state index in [-0.39, 0.29) is 5.91 Å². The number of carbonyl (C=O) groups is 1. The average Bonchev–Trinajstić information content (AvgIpc) is 2.81. The van der Waals surface area contributed by atoms with E-state index in [9.17, 15) is 4.79 Å². The van der Waals surface area contributed by atoms with Crippen LogP contribution in [0.4, 0.5) is 10.8 Å². The van der Waals surface area contributed by atoms with E-state index in [1.807, 2.05) is 24.4 Å². The van der Waals surface area contributed by atoms with Gasteiger partial charge in [0.2, 0.25) is 0 Å². The van der Waals surface area contributed by atoms with Crippen LogP contribution in [-0.2, 0) is 0 Å². The number of thiazole rings is 1. The van der Waals surface area contributed by atoms with E-state index in [0.29, 0.717) is 22.3 Å². The maximum Gasteiger partial charge on any atom is 0.259 e. The van der Waals surface area contributed by atoms with E-state index in [0.717, 1.165) is 11.3 Å². The summed E-state index contributed by atoms with van der Waals surface area (Å²) in [6, 6.07) is 5.42. The number of aromatic nitrogens is 1. The van der Waals surface area contributed by atoms with Crippen LogP contribution in [0.2, 0.25) is 0 Å². The fourth-order valence-corrected chi connectivity index (χ4v) is 2.52. The average molecular weight is 275 g/mol. The van der Waals surface area contributed by atoms with Gasteiger partial charge in [-0.3, -0.25) is 10.1 Å². The summed E-state index contributed by atoms with van der Waals surface area (Å²) in [4.78, 5) is 16.5. The number of para-hydroxylation sites is 1. The Bertz CT molecular complexity index is 604. The molecule has 100 valence electrons. The van der Waals surface area contributed by atoms with E-state index < -0.39 is 0 Å². The summed E-state index contributed by atoms with van der Waals surface area (Å²) in [5.41, 5.74) is 8.80. The molecular weight excluding hydrogens is 258 g/mol. The second-order valence-corrected chi connectivity index (χ2v) is 5.58. The lowest BCUT2D eigenvalue weighted by molar-refractivity contribution is 0.102. The molecule has 0 unspecified atom stereocenters. The summed E-state index contributed by atoms with van der Waals surface area (Å²) in [5, 5.41) is 5.35. The van der Waals surface area contributed by atoms with Crippen LogP contribution in [0.1, 0.15) is 41.4 Å². The molecule has 0 radical (unpaired) electrons. The standard InChI is InChI=1S/C14H17N3OS/c1-8(2)11-7-19-14(16-11)17-13(18)10-6-4-5-9(3)12(10)15/h4-8H,15H2,1-3H3,(H,16,17,18). The first-order valence-corrected chi connectivity index (χ1v) is 6.99. The molecule has 2 rings (SSSR count). The van der Waals surface area contributed by atoms with Crippen LogP contribution in [0.5, 0.6) is 0 Å². The molecule has 1 aromatic carbocycles. The first kappa shape index (κ1) is 13.5. The number of rotatable bonds is 3. The lowest BCUT2D eigenvalue weighted by Crippen LogP contribution is -2.14. The highest BCUT2D eigenvalue weighted by molar-refractivity contribution is 7.14. The Labute approximate surface area is 116 Å². The zero-order valence-corrected chi connectivity index (χ0v) is 12.0. The van der Waals surface area contributed by atoms with Crippen molar-refractivity contribution in [2.24, 2.45) is 0 Å². The van der Waals surface area contributed by atoms with Crippen molar-refractivity contribution in [2.45, 2.75) is 26.7 Å². The smallest absolute Gasteiger partial charge is 0.259 e. The molecule has 3 N–H and O–H groups in total. The van der Waals surface area contributed by atoms with Gasteiger partial charge in [0.25, 0.3) is 5.91 Å². The lowest BCUT2D eigenvalue weighted by atomic mass is 10.1. The summed E-state index contributed by atoms with van der Waals surface area (Å²) >= 11 is 1.43. The summed E-state index contributed by atoms with van der Waals surface area (Å²) in [7, 11) is 0. The number of amides is 1. The van der Waals surface area contributed by atoms with Crippen LogP contribution in [-0.4, -0.2) is 10.9 Å². The largest absolute Gasteiger partial charge is 0.398 e. The van der Waals surface area contributed by atoms with Gasteiger partial charge in [0.1, 0.15) is 0 Å². The van der Waals surface area contributed by atoms with Crippen molar-refractivity contribution in [3.05, 3.63) is 40.4 Å². The second kappa shape index (κ2) is 5.40. The Hall–Kier alpha value is -1.88. The minimum absolute atomic E-state index is 0.217. The van der Waals surface area contributed by atoms with Crippen LogP contribution in [0, 0.1) is 6.92 Å². The number of nitrogens with two attached hydrogens (primary N) is 1. The zero-order chi connectivity index (χ0) is 14.0. The van der Waals surface area contributed by atoms with Gasteiger partial charge in [0.15, 0.2) is 5.13 Å². The van der Waals surface area contributed by atoms with Crippen molar-refractivity contribution in [3.8, 4) is 0 Å². The number of benzene rings is 1. The van der Waals surface area contributed by atoms with E-state index in [2.05, 4.69) is 24.1 Å².